The Hall–Kier alpha value is -0.563. The highest BCUT2D eigenvalue weighted by atomic mass is 127. The molecule has 0 spiro atoms. The minimum Gasteiger partial charge on any atom is -0.543 e. The SMILES string of the molecule is COC(=O)c1cc(O[Si](C(C)C)(C(C)C)C(C)C)ccc1I. The van der Waals surface area contributed by atoms with Gasteiger partial charge in [-0.1, -0.05) is 41.5 Å². The van der Waals surface area contributed by atoms with Crippen molar-refractivity contribution in [2.45, 2.75) is 58.2 Å². The molecular formula is C17H27IO3Si. The zero-order chi connectivity index (χ0) is 17.1. The second-order valence-electron chi connectivity index (χ2n) is 6.55. The van der Waals surface area contributed by atoms with Crippen LogP contribution in [-0.2, 0) is 4.74 Å². The van der Waals surface area contributed by atoms with E-state index in [1.54, 1.807) is 0 Å². The molecule has 0 fully saturated rings. The summed E-state index contributed by atoms with van der Waals surface area (Å²) >= 11 is 2.15. The largest absolute Gasteiger partial charge is 0.543 e. The summed E-state index contributed by atoms with van der Waals surface area (Å²) in [5, 5.41) is 0. The molecule has 124 valence electrons. The van der Waals surface area contributed by atoms with Gasteiger partial charge in [-0.25, -0.2) is 4.79 Å². The van der Waals surface area contributed by atoms with Crippen LogP contribution in [0, 0.1) is 3.57 Å². The molecule has 0 unspecified atom stereocenters. The van der Waals surface area contributed by atoms with Crippen LogP contribution in [0.4, 0.5) is 0 Å². The zero-order valence-electron chi connectivity index (χ0n) is 14.6. The van der Waals surface area contributed by atoms with Crippen LogP contribution in [0.2, 0.25) is 16.6 Å². The fraction of sp³-hybridized carbons (Fsp3) is 0.588. The van der Waals surface area contributed by atoms with E-state index in [1.807, 2.05) is 18.2 Å². The fourth-order valence-electron chi connectivity index (χ4n) is 3.39. The minimum absolute atomic E-state index is 0.319. The third kappa shape index (κ3) is 3.85. The van der Waals surface area contributed by atoms with Gasteiger partial charge in [0.2, 0.25) is 0 Å². The molecule has 0 aromatic heterocycles. The Bertz CT molecular complexity index is 505. The number of methoxy groups -OCH3 is 1. The highest BCUT2D eigenvalue weighted by Gasteiger charge is 2.47. The highest BCUT2D eigenvalue weighted by molar-refractivity contribution is 14.1. The lowest BCUT2D eigenvalue weighted by molar-refractivity contribution is 0.0599. The summed E-state index contributed by atoms with van der Waals surface area (Å²) in [4.78, 5) is 11.9. The van der Waals surface area contributed by atoms with E-state index in [0.29, 0.717) is 22.2 Å². The summed E-state index contributed by atoms with van der Waals surface area (Å²) in [6, 6.07) is 5.70. The topological polar surface area (TPSA) is 35.5 Å². The van der Waals surface area contributed by atoms with Gasteiger partial charge in [0, 0.05) is 3.57 Å². The predicted molar refractivity (Wildman–Crippen MR) is 102 cm³/mol. The average Bonchev–Trinajstić information content (AvgIpc) is 2.44. The Morgan fingerprint density at radius 3 is 1.95 bits per heavy atom. The summed E-state index contributed by atoms with van der Waals surface area (Å²) < 4.78 is 12.3. The standard InChI is InChI=1S/C17H27IO3Si/c1-11(2)22(12(3)4,13(5)6)21-14-8-9-16(18)15(10-14)17(19)20-7/h8-13H,1-7H3. The number of hydrogen-bond donors (Lipinski definition) is 0. The first kappa shape index (κ1) is 19.5. The molecule has 0 bridgehead atoms. The van der Waals surface area contributed by atoms with Gasteiger partial charge in [0.25, 0.3) is 8.32 Å². The van der Waals surface area contributed by atoms with Gasteiger partial charge in [-0.05, 0) is 57.4 Å². The Morgan fingerprint density at radius 1 is 1.05 bits per heavy atom. The molecule has 0 aliphatic heterocycles. The van der Waals surface area contributed by atoms with E-state index in [4.69, 9.17) is 9.16 Å². The molecule has 22 heavy (non-hydrogen) atoms. The van der Waals surface area contributed by atoms with Crippen molar-refractivity contribution in [3.8, 4) is 5.75 Å². The predicted octanol–water partition coefficient (Wildman–Crippen LogP) is 5.63. The number of halogens is 1. The smallest absolute Gasteiger partial charge is 0.339 e. The number of benzene rings is 1. The van der Waals surface area contributed by atoms with Crippen LogP contribution in [0.15, 0.2) is 18.2 Å². The van der Waals surface area contributed by atoms with Crippen LogP contribution in [0.5, 0.6) is 5.75 Å². The highest BCUT2D eigenvalue weighted by Crippen LogP contribution is 2.43. The van der Waals surface area contributed by atoms with E-state index in [1.165, 1.54) is 7.11 Å². The first-order valence-electron chi connectivity index (χ1n) is 7.73. The number of hydrogen-bond acceptors (Lipinski definition) is 3. The molecule has 0 amide bonds. The number of rotatable bonds is 6. The second kappa shape index (κ2) is 7.81. The molecule has 0 saturated heterocycles. The van der Waals surface area contributed by atoms with Crippen molar-refractivity contribution < 1.29 is 14.0 Å². The van der Waals surface area contributed by atoms with Crippen LogP contribution in [0.3, 0.4) is 0 Å². The minimum atomic E-state index is -2.01. The summed E-state index contributed by atoms with van der Waals surface area (Å²) in [5.74, 6) is 0.462. The van der Waals surface area contributed by atoms with E-state index >= 15 is 0 Å². The van der Waals surface area contributed by atoms with Crippen LogP contribution in [-0.4, -0.2) is 21.4 Å². The molecule has 0 heterocycles. The molecule has 0 radical (unpaired) electrons. The van der Waals surface area contributed by atoms with Crippen molar-refractivity contribution in [2.75, 3.05) is 7.11 Å². The lowest BCUT2D eigenvalue weighted by Gasteiger charge is -2.42. The summed E-state index contributed by atoms with van der Waals surface area (Å²) in [6.07, 6.45) is 0. The van der Waals surface area contributed by atoms with Crippen LogP contribution in [0.1, 0.15) is 51.9 Å². The van der Waals surface area contributed by atoms with Crippen molar-refractivity contribution in [1.82, 2.24) is 0 Å². The van der Waals surface area contributed by atoms with Gasteiger partial charge in [0.15, 0.2) is 0 Å². The fourth-order valence-corrected chi connectivity index (χ4v) is 9.19. The van der Waals surface area contributed by atoms with E-state index in [-0.39, 0.29) is 5.97 Å². The van der Waals surface area contributed by atoms with Crippen molar-refractivity contribution in [3.05, 3.63) is 27.3 Å². The van der Waals surface area contributed by atoms with Crippen molar-refractivity contribution >= 4 is 36.9 Å². The van der Waals surface area contributed by atoms with Crippen molar-refractivity contribution in [1.29, 1.82) is 0 Å². The zero-order valence-corrected chi connectivity index (χ0v) is 17.7. The molecule has 1 aromatic carbocycles. The van der Waals surface area contributed by atoms with Gasteiger partial charge in [-0.3, -0.25) is 0 Å². The number of carbonyl (C=O) groups excluding carboxylic acids is 1. The van der Waals surface area contributed by atoms with Gasteiger partial charge in [0.05, 0.1) is 12.7 Å². The Morgan fingerprint density at radius 2 is 1.55 bits per heavy atom. The molecule has 0 N–H and O–H groups in total. The van der Waals surface area contributed by atoms with Gasteiger partial charge in [-0.15, -0.1) is 0 Å². The Kier molecular flexibility index (Phi) is 6.92. The third-order valence-electron chi connectivity index (χ3n) is 4.34. The van der Waals surface area contributed by atoms with Gasteiger partial charge < -0.3 is 9.16 Å². The summed E-state index contributed by atoms with van der Waals surface area (Å²) in [7, 11) is -0.604. The lowest BCUT2D eigenvalue weighted by atomic mass is 10.2. The quantitative estimate of drug-likeness (QED) is 0.331. The number of carbonyl (C=O) groups is 1. The molecule has 0 atom stereocenters. The Labute approximate surface area is 149 Å². The van der Waals surface area contributed by atoms with Gasteiger partial charge in [-0.2, -0.15) is 0 Å². The average molecular weight is 434 g/mol. The molecule has 0 aliphatic rings. The molecule has 0 aliphatic carbocycles. The molecule has 1 aromatic rings. The van der Waals surface area contributed by atoms with Crippen LogP contribution in [0.25, 0.3) is 0 Å². The monoisotopic (exact) mass is 434 g/mol. The maximum absolute atomic E-state index is 11.9. The maximum atomic E-state index is 11.9. The normalized spacial score (nSPS) is 12.1. The van der Waals surface area contributed by atoms with E-state index in [0.717, 1.165) is 9.32 Å². The number of ether oxygens (including phenoxy) is 1. The molecule has 3 nitrogen and oxygen atoms in total. The van der Waals surface area contributed by atoms with E-state index in [2.05, 4.69) is 64.1 Å². The van der Waals surface area contributed by atoms with Gasteiger partial charge in [0.1, 0.15) is 5.75 Å². The van der Waals surface area contributed by atoms with Crippen LogP contribution < -0.4 is 4.43 Å². The molecule has 0 saturated carbocycles. The molecule has 1 rings (SSSR count). The van der Waals surface area contributed by atoms with E-state index < -0.39 is 8.32 Å². The first-order chi connectivity index (χ1) is 10.2. The van der Waals surface area contributed by atoms with E-state index in [9.17, 15) is 4.79 Å². The van der Waals surface area contributed by atoms with Gasteiger partial charge >= 0.3 is 5.97 Å². The number of esters is 1. The summed E-state index contributed by atoms with van der Waals surface area (Å²) in [6.45, 7) is 13.5. The Balaban J connectivity index is 3.28. The van der Waals surface area contributed by atoms with Crippen LogP contribution >= 0.6 is 22.6 Å². The maximum Gasteiger partial charge on any atom is 0.339 e. The van der Waals surface area contributed by atoms with Crippen molar-refractivity contribution in [3.63, 3.8) is 0 Å². The lowest BCUT2D eigenvalue weighted by Crippen LogP contribution is -2.50. The second-order valence-corrected chi connectivity index (χ2v) is 13.1. The van der Waals surface area contributed by atoms with Crippen molar-refractivity contribution in [2.24, 2.45) is 0 Å². The third-order valence-corrected chi connectivity index (χ3v) is 11.3. The first-order valence-corrected chi connectivity index (χ1v) is 11.0. The molecular weight excluding hydrogens is 407 g/mol. The summed E-state index contributed by atoms with van der Waals surface area (Å²) in [5.41, 5.74) is 2.05. The molecule has 5 heteroatoms.